The normalized spacial score (nSPS) is 26.2. The zero-order valence-electron chi connectivity index (χ0n) is 13.3. The number of oxime groups is 1. The highest BCUT2D eigenvalue weighted by Crippen LogP contribution is 2.39. The molecule has 2 atom stereocenters. The van der Waals surface area contributed by atoms with Crippen molar-refractivity contribution >= 4 is 5.71 Å². The zero-order valence-corrected chi connectivity index (χ0v) is 13.3. The summed E-state index contributed by atoms with van der Waals surface area (Å²) in [4.78, 5) is 2.16. The van der Waals surface area contributed by atoms with E-state index in [0.29, 0.717) is 18.7 Å². The molecule has 1 aliphatic heterocycles. The molecule has 0 bridgehead atoms. The Kier molecular flexibility index (Phi) is 4.46. The van der Waals surface area contributed by atoms with Gasteiger partial charge in [0.1, 0.15) is 5.60 Å². The van der Waals surface area contributed by atoms with Crippen LogP contribution in [0.4, 0.5) is 0 Å². The Hall–Kier alpha value is -2.17. The second-order valence-electron chi connectivity index (χ2n) is 6.21. The highest BCUT2D eigenvalue weighted by molar-refractivity contribution is 6.02. The van der Waals surface area contributed by atoms with Crippen molar-refractivity contribution in [2.24, 2.45) is 11.1 Å². The van der Waals surface area contributed by atoms with Crippen LogP contribution >= 0.6 is 0 Å². The Balaban J connectivity index is 2.05. The molecule has 0 spiro atoms. The van der Waals surface area contributed by atoms with E-state index in [1.165, 1.54) is 0 Å². The van der Waals surface area contributed by atoms with Crippen molar-refractivity contribution in [1.82, 2.24) is 4.90 Å². The minimum Gasteiger partial charge on any atom is -0.411 e. The number of aliphatic hydroxyl groups is 1. The average Bonchev–Trinajstić information content (AvgIpc) is 2.60. The maximum absolute atomic E-state index is 11.5. The van der Waals surface area contributed by atoms with Gasteiger partial charge in [-0.1, -0.05) is 65.8 Å². The highest BCUT2D eigenvalue weighted by atomic mass is 16.4. The van der Waals surface area contributed by atoms with E-state index in [2.05, 4.69) is 10.1 Å². The second-order valence-corrected chi connectivity index (χ2v) is 6.21. The third-order valence-corrected chi connectivity index (χ3v) is 4.73. The molecule has 23 heavy (non-hydrogen) atoms. The number of benzene rings is 2. The Morgan fingerprint density at radius 2 is 1.70 bits per heavy atom. The minimum atomic E-state index is -1.04. The van der Waals surface area contributed by atoms with Crippen molar-refractivity contribution in [3.8, 4) is 0 Å². The van der Waals surface area contributed by atoms with Gasteiger partial charge in [-0.3, -0.25) is 0 Å². The Morgan fingerprint density at radius 1 is 1.09 bits per heavy atom. The molecular formula is C19H22N2O2. The molecule has 2 aromatic rings. The van der Waals surface area contributed by atoms with Crippen LogP contribution in [0.5, 0.6) is 0 Å². The molecule has 4 heteroatoms. The second kappa shape index (κ2) is 6.52. The number of rotatable bonds is 3. The van der Waals surface area contributed by atoms with Crippen molar-refractivity contribution in [3.05, 3.63) is 71.8 Å². The number of hydrogen-bond acceptors (Lipinski definition) is 4. The first-order valence-electron chi connectivity index (χ1n) is 7.89. The van der Waals surface area contributed by atoms with Crippen LogP contribution in [0.25, 0.3) is 0 Å². The van der Waals surface area contributed by atoms with Gasteiger partial charge in [0.15, 0.2) is 0 Å². The van der Waals surface area contributed by atoms with E-state index in [1.807, 2.05) is 67.7 Å². The predicted octanol–water partition coefficient (Wildman–Crippen LogP) is 2.70. The lowest BCUT2D eigenvalue weighted by molar-refractivity contribution is -0.0478. The summed E-state index contributed by atoms with van der Waals surface area (Å²) in [5.74, 6) is -0.295. The quantitative estimate of drug-likeness (QED) is 0.521. The third kappa shape index (κ3) is 3.00. The molecular weight excluding hydrogens is 288 g/mol. The molecule has 1 heterocycles. The van der Waals surface area contributed by atoms with E-state index < -0.39 is 5.60 Å². The minimum absolute atomic E-state index is 0.295. The van der Waals surface area contributed by atoms with Crippen LogP contribution in [-0.2, 0) is 5.60 Å². The van der Waals surface area contributed by atoms with Gasteiger partial charge in [-0.15, -0.1) is 0 Å². The summed E-state index contributed by atoms with van der Waals surface area (Å²) < 4.78 is 0. The summed E-state index contributed by atoms with van der Waals surface area (Å²) in [7, 11) is 2.03. The summed E-state index contributed by atoms with van der Waals surface area (Å²) >= 11 is 0. The van der Waals surface area contributed by atoms with E-state index in [1.54, 1.807) is 0 Å². The molecule has 0 aromatic heterocycles. The van der Waals surface area contributed by atoms with Gasteiger partial charge in [-0.2, -0.15) is 0 Å². The van der Waals surface area contributed by atoms with Gasteiger partial charge in [-0.25, -0.2) is 0 Å². The molecule has 1 fully saturated rings. The summed E-state index contributed by atoms with van der Waals surface area (Å²) in [6.45, 7) is 1.44. The van der Waals surface area contributed by atoms with Crippen molar-refractivity contribution in [2.75, 3.05) is 20.1 Å². The third-order valence-electron chi connectivity index (χ3n) is 4.73. The van der Waals surface area contributed by atoms with E-state index in [4.69, 9.17) is 0 Å². The molecule has 2 unspecified atom stereocenters. The van der Waals surface area contributed by atoms with E-state index in [-0.39, 0.29) is 5.92 Å². The van der Waals surface area contributed by atoms with Crippen LogP contribution in [0.15, 0.2) is 65.8 Å². The Labute approximate surface area is 136 Å². The van der Waals surface area contributed by atoms with E-state index in [0.717, 1.165) is 17.7 Å². The molecule has 120 valence electrons. The van der Waals surface area contributed by atoms with Crippen molar-refractivity contribution in [2.45, 2.75) is 12.0 Å². The molecule has 0 saturated carbocycles. The van der Waals surface area contributed by atoms with Gasteiger partial charge in [0, 0.05) is 13.1 Å². The van der Waals surface area contributed by atoms with Gasteiger partial charge >= 0.3 is 0 Å². The molecule has 4 nitrogen and oxygen atoms in total. The van der Waals surface area contributed by atoms with Crippen LogP contribution < -0.4 is 0 Å². The van der Waals surface area contributed by atoms with Crippen LogP contribution in [-0.4, -0.2) is 41.1 Å². The molecule has 1 aliphatic rings. The summed E-state index contributed by atoms with van der Waals surface area (Å²) in [6.07, 6.45) is 0.601. The van der Waals surface area contributed by atoms with Crippen molar-refractivity contribution in [1.29, 1.82) is 0 Å². The fraction of sp³-hybridized carbons (Fsp3) is 0.316. The van der Waals surface area contributed by atoms with Crippen LogP contribution in [0.3, 0.4) is 0 Å². The first-order valence-corrected chi connectivity index (χ1v) is 7.89. The number of piperidine rings is 1. The van der Waals surface area contributed by atoms with E-state index in [9.17, 15) is 10.3 Å². The molecule has 1 saturated heterocycles. The van der Waals surface area contributed by atoms with Gasteiger partial charge in [0.2, 0.25) is 0 Å². The van der Waals surface area contributed by atoms with E-state index >= 15 is 0 Å². The highest BCUT2D eigenvalue weighted by Gasteiger charge is 2.45. The Morgan fingerprint density at radius 3 is 2.30 bits per heavy atom. The molecule has 2 aromatic carbocycles. The summed E-state index contributed by atoms with van der Waals surface area (Å²) in [5, 5.41) is 24.7. The van der Waals surface area contributed by atoms with Gasteiger partial charge in [0.05, 0.1) is 11.6 Å². The first kappa shape index (κ1) is 15.7. The van der Waals surface area contributed by atoms with Crippen molar-refractivity contribution < 1.29 is 10.3 Å². The van der Waals surface area contributed by atoms with Gasteiger partial charge < -0.3 is 15.2 Å². The van der Waals surface area contributed by atoms with Gasteiger partial charge in [-0.05, 0) is 24.6 Å². The maximum Gasteiger partial charge on any atom is 0.101 e. The zero-order chi connectivity index (χ0) is 16.3. The number of hydrogen-bond donors (Lipinski definition) is 2. The molecule has 0 radical (unpaired) electrons. The summed E-state index contributed by atoms with van der Waals surface area (Å²) in [6, 6.07) is 19.3. The largest absolute Gasteiger partial charge is 0.411 e. The number of nitrogens with zero attached hydrogens (tertiary/aromatic N) is 2. The summed E-state index contributed by atoms with van der Waals surface area (Å²) in [5.41, 5.74) is 1.20. The molecule has 0 aliphatic carbocycles. The van der Waals surface area contributed by atoms with Gasteiger partial charge in [0.25, 0.3) is 0 Å². The lowest BCUT2D eigenvalue weighted by Gasteiger charge is -2.44. The fourth-order valence-corrected chi connectivity index (χ4v) is 3.41. The first-order chi connectivity index (χ1) is 11.1. The molecule has 0 amide bonds. The number of likely N-dealkylation sites (tertiary alicyclic amines) is 1. The fourth-order valence-electron chi connectivity index (χ4n) is 3.41. The smallest absolute Gasteiger partial charge is 0.101 e. The average molecular weight is 310 g/mol. The maximum atomic E-state index is 11.5. The van der Waals surface area contributed by atoms with Crippen LogP contribution in [0.2, 0.25) is 0 Å². The van der Waals surface area contributed by atoms with Crippen LogP contribution in [0.1, 0.15) is 17.5 Å². The standard InChI is InChI=1S/C19H22N2O2/c1-21-13-12-19(22,16-10-6-3-7-11-16)17(14-21)18(20-23)15-8-4-2-5-9-15/h2-11,17,22-23H,12-14H2,1H3. The lowest BCUT2D eigenvalue weighted by atomic mass is 9.72. The molecule has 2 N–H and O–H groups in total. The monoisotopic (exact) mass is 310 g/mol. The SMILES string of the molecule is CN1CCC(O)(c2ccccc2)C(C(=NO)c2ccccc2)C1. The molecule has 3 rings (SSSR count). The van der Waals surface area contributed by atoms with Crippen molar-refractivity contribution in [3.63, 3.8) is 0 Å². The predicted molar refractivity (Wildman–Crippen MR) is 90.7 cm³/mol. The van der Waals surface area contributed by atoms with Crippen LogP contribution in [0, 0.1) is 5.92 Å². The topological polar surface area (TPSA) is 56.1 Å². The Bertz CT molecular complexity index is 672. The lowest BCUT2D eigenvalue weighted by Crippen LogP contribution is -2.52.